The molecule has 1 aromatic rings. The second-order valence-corrected chi connectivity index (χ2v) is 3.16. The van der Waals surface area contributed by atoms with E-state index in [0.717, 1.165) is 12.1 Å². The molecule has 0 amide bonds. The fourth-order valence-electron chi connectivity index (χ4n) is 1.21. The molecular formula is C10H15NO. The average molecular weight is 165 g/mol. The Balaban J connectivity index is 2.82. The summed E-state index contributed by atoms with van der Waals surface area (Å²) in [6.07, 6.45) is 0. The van der Waals surface area contributed by atoms with Crippen LogP contribution in [-0.4, -0.2) is 24.1 Å². The molecule has 12 heavy (non-hydrogen) atoms. The zero-order valence-corrected chi connectivity index (χ0v) is 7.62. The van der Waals surface area contributed by atoms with Crippen molar-refractivity contribution >= 4 is 0 Å². The molecule has 0 aliphatic rings. The van der Waals surface area contributed by atoms with Gasteiger partial charge >= 0.3 is 0 Å². The van der Waals surface area contributed by atoms with E-state index in [1.165, 1.54) is 5.56 Å². The highest BCUT2D eigenvalue weighted by atomic mass is 16.3. The van der Waals surface area contributed by atoms with Gasteiger partial charge in [-0.3, -0.25) is 0 Å². The van der Waals surface area contributed by atoms with E-state index in [-0.39, 0.29) is 6.61 Å². The summed E-state index contributed by atoms with van der Waals surface area (Å²) in [4.78, 5) is 2.09. The van der Waals surface area contributed by atoms with Crippen LogP contribution in [0.5, 0.6) is 0 Å². The van der Waals surface area contributed by atoms with E-state index in [1.54, 1.807) is 0 Å². The first kappa shape index (κ1) is 9.23. The first-order valence-corrected chi connectivity index (χ1v) is 4.06. The molecule has 0 aromatic heterocycles. The standard InChI is InChI=1S/C10H15NO/c1-11(2)7-9-5-3-4-6-10(9)8-12/h3-6,12H,7-8H2,1-2H3. The van der Waals surface area contributed by atoms with Crippen LogP contribution in [0.4, 0.5) is 0 Å². The van der Waals surface area contributed by atoms with E-state index in [4.69, 9.17) is 5.11 Å². The van der Waals surface area contributed by atoms with E-state index >= 15 is 0 Å². The zero-order valence-electron chi connectivity index (χ0n) is 7.62. The Morgan fingerprint density at radius 3 is 2.25 bits per heavy atom. The number of aliphatic hydroxyl groups excluding tert-OH is 1. The van der Waals surface area contributed by atoms with Gasteiger partial charge in [0.2, 0.25) is 0 Å². The van der Waals surface area contributed by atoms with Crippen molar-refractivity contribution in [2.75, 3.05) is 14.1 Å². The summed E-state index contributed by atoms with van der Waals surface area (Å²) in [5.41, 5.74) is 2.22. The quantitative estimate of drug-likeness (QED) is 0.728. The molecule has 0 unspecified atom stereocenters. The van der Waals surface area contributed by atoms with Gasteiger partial charge in [0.1, 0.15) is 0 Å². The molecule has 2 nitrogen and oxygen atoms in total. The molecule has 0 saturated heterocycles. The van der Waals surface area contributed by atoms with E-state index in [2.05, 4.69) is 4.90 Å². The number of benzene rings is 1. The lowest BCUT2D eigenvalue weighted by Gasteiger charge is -2.12. The Hall–Kier alpha value is -0.860. The van der Waals surface area contributed by atoms with Crippen molar-refractivity contribution in [1.82, 2.24) is 4.90 Å². The van der Waals surface area contributed by atoms with Gasteiger partial charge in [0.15, 0.2) is 0 Å². The molecule has 0 radical (unpaired) electrons. The van der Waals surface area contributed by atoms with E-state index in [9.17, 15) is 0 Å². The molecule has 0 atom stereocenters. The predicted octanol–water partition coefficient (Wildman–Crippen LogP) is 1.24. The third-order valence-corrected chi connectivity index (χ3v) is 1.78. The van der Waals surface area contributed by atoms with Crippen molar-refractivity contribution in [1.29, 1.82) is 0 Å². The highest BCUT2D eigenvalue weighted by Gasteiger charge is 2.00. The monoisotopic (exact) mass is 165 g/mol. The number of aliphatic hydroxyl groups is 1. The second-order valence-electron chi connectivity index (χ2n) is 3.16. The third-order valence-electron chi connectivity index (χ3n) is 1.78. The predicted molar refractivity (Wildman–Crippen MR) is 49.8 cm³/mol. The lowest BCUT2D eigenvalue weighted by molar-refractivity contribution is 0.278. The van der Waals surface area contributed by atoms with Gasteiger partial charge in [-0.05, 0) is 25.2 Å². The third kappa shape index (κ3) is 2.32. The maximum atomic E-state index is 9.01. The van der Waals surface area contributed by atoms with Crippen LogP contribution in [0.15, 0.2) is 24.3 Å². The Bertz CT molecular complexity index is 245. The van der Waals surface area contributed by atoms with Gasteiger partial charge in [-0.2, -0.15) is 0 Å². The van der Waals surface area contributed by atoms with Crippen molar-refractivity contribution in [3.05, 3.63) is 35.4 Å². The minimum Gasteiger partial charge on any atom is -0.392 e. The van der Waals surface area contributed by atoms with Crippen LogP contribution in [0, 0.1) is 0 Å². The number of rotatable bonds is 3. The molecule has 0 fully saturated rings. The fraction of sp³-hybridized carbons (Fsp3) is 0.400. The molecule has 66 valence electrons. The smallest absolute Gasteiger partial charge is 0.0685 e. The Morgan fingerprint density at radius 1 is 1.17 bits per heavy atom. The molecule has 0 saturated carbocycles. The Morgan fingerprint density at radius 2 is 1.75 bits per heavy atom. The second kappa shape index (κ2) is 4.24. The van der Waals surface area contributed by atoms with Crippen molar-refractivity contribution in [2.45, 2.75) is 13.2 Å². The van der Waals surface area contributed by atoms with Gasteiger partial charge in [0.25, 0.3) is 0 Å². The van der Waals surface area contributed by atoms with Crippen molar-refractivity contribution in [3.63, 3.8) is 0 Å². The topological polar surface area (TPSA) is 23.5 Å². The lowest BCUT2D eigenvalue weighted by atomic mass is 10.1. The van der Waals surface area contributed by atoms with Crippen LogP contribution in [0.25, 0.3) is 0 Å². The molecule has 1 rings (SSSR count). The first-order chi connectivity index (χ1) is 5.74. The van der Waals surface area contributed by atoms with Crippen LogP contribution in [0.3, 0.4) is 0 Å². The molecule has 0 heterocycles. The average Bonchev–Trinajstić information content (AvgIpc) is 2.04. The van der Waals surface area contributed by atoms with Crippen LogP contribution < -0.4 is 0 Å². The van der Waals surface area contributed by atoms with Crippen LogP contribution in [0.1, 0.15) is 11.1 Å². The van der Waals surface area contributed by atoms with Gasteiger partial charge in [0.05, 0.1) is 6.61 Å². The van der Waals surface area contributed by atoms with Crippen LogP contribution in [0.2, 0.25) is 0 Å². The molecule has 2 heteroatoms. The summed E-state index contributed by atoms with van der Waals surface area (Å²) < 4.78 is 0. The summed E-state index contributed by atoms with van der Waals surface area (Å²) in [7, 11) is 4.04. The van der Waals surface area contributed by atoms with Gasteiger partial charge < -0.3 is 10.0 Å². The zero-order chi connectivity index (χ0) is 8.97. The maximum Gasteiger partial charge on any atom is 0.0685 e. The number of nitrogens with zero attached hydrogens (tertiary/aromatic N) is 1. The molecule has 0 spiro atoms. The number of hydrogen-bond acceptors (Lipinski definition) is 2. The van der Waals surface area contributed by atoms with Crippen LogP contribution >= 0.6 is 0 Å². The highest BCUT2D eigenvalue weighted by Crippen LogP contribution is 2.09. The fourth-order valence-corrected chi connectivity index (χ4v) is 1.21. The molecule has 0 aliphatic carbocycles. The van der Waals surface area contributed by atoms with Gasteiger partial charge in [0, 0.05) is 6.54 Å². The van der Waals surface area contributed by atoms with Crippen LogP contribution in [-0.2, 0) is 13.2 Å². The summed E-state index contributed by atoms with van der Waals surface area (Å²) in [5, 5.41) is 9.01. The largest absolute Gasteiger partial charge is 0.392 e. The Labute approximate surface area is 73.4 Å². The first-order valence-electron chi connectivity index (χ1n) is 4.06. The molecule has 1 aromatic carbocycles. The summed E-state index contributed by atoms with van der Waals surface area (Å²) in [5.74, 6) is 0. The summed E-state index contributed by atoms with van der Waals surface area (Å²) >= 11 is 0. The van der Waals surface area contributed by atoms with Crippen molar-refractivity contribution in [2.24, 2.45) is 0 Å². The SMILES string of the molecule is CN(C)Cc1ccccc1CO. The van der Waals surface area contributed by atoms with E-state index in [1.807, 2.05) is 38.4 Å². The lowest BCUT2D eigenvalue weighted by Crippen LogP contribution is -2.12. The maximum absolute atomic E-state index is 9.01. The summed E-state index contributed by atoms with van der Waals surface area (Å²) in [6, 6.07) is 7.95. The summed E-state index contributed by atoms with van der Waals surface area (Å²) in [6.45, 7) is 1.01. The molecular weight excluding hydrogens is 150 g/mol. The minimum absolute atomic E-state index is 0.129. The molecule has 1 N–H and O–H groups in total. The number of hydrogen-bond donors (Lipinski definition) is 1. The van der Waals surface area contributed by atoms with Crippen molar-refractivity contribution in [3.8, 4) is 0 Å². The molecule has 0 aliphatic heterocycles. The van der Waals surface area contributed by atoms with Gasteiger partial charge in [-0.25, -0.2) is 0 Å². The van der Waals surface area contributed by atoms with Gasteiger partial charge in [-0.15, -0.1) is 0 Å². The van der Waals surface area contributed by atoms with E-state index in [0.29, 0.717) is 0 Å². The normalized spacial score (nSPS) is 10.7. The van der Waals surface area contributed by atoms with E-state index < -0.39 is 0 Å². The molecule has 0 bridgehead atoms. The Kier molecular flexibility index (Phi) is 3.26. The van der Waals surface area contributed by atoms with Crippen molar-refractivity contribution < 1.29 is 5.11 Å². The van der Waals surface area contributed by atoms with Gasteiger partial charge in [-0.1, -0.05) is 24.3 Å². The highest BCUT2D eigenvalue weighted by molar-refractivity contribution is 5.26. The minimum atomic E-state index is 0.129.